The van der Waals surface area contributed by atoms with Crippen LogP contribution < -0.4 is 4.31 Å². The molecule has 1 heterocycles. The van der Waals surface area contributed by atoms with E-state index in [-0.39, 0.29) is 10.7 Å². The maximum absolute atomic E-state index is 12.7. The van der Waals surface area contributed by atoms with Crippen molar-refractivity contribution >= 4 is 31.8 Å². The van der Waals surface area contributed by atoms with Crippen molar-refractivity contribution < 1.29 is 8.42 Å². The number of aromatic nitrogens is 2. The van der Waals surface area contributed by atoms with Gasteiger partial charge in [-0.2, -0.15) is 5.10 Å². The van der Waals surface area contributed by atoms with Crippen LogP contribution >= 0.6 is 15.9 Å². The van der Waals surface area contributed by atoms with Crippen LogP contribution in [0.5, 0.6) is 0 Å². The molecule has 122 valence electrons. The molecular weight excluding hydrogens is 390 g/mol. The highest BCUT2D eigenvalue weighted by atomic mass is 79.9. The quantitative estimate of drug-likeness (QED) is 0.665. The summed E-state index contributed by atoms with van der Waals surface area (Å²) in [5.74, 6) is 0.273. The van der Waals surface area contributed by atoms with Gasteiger partial charge in [0.1, 0.15) is 0 Å². The summed E-state index contributed by atoms with van der Waals surface area (Å²) in [4.78, 5) is 0.205. The minimum absolute atomic E-state index is 0.205. The molecule has 0 fully saturated rings. The average Bonchev–Trinajstić information content (AvgIpc) is 2.62. The van der Waals surface area contributed by atoms with Crippen molar-refractivity contribution in [1.82, 2.24) is 10.2 Å². The molecule has 3 rings (SSSR count). The summed E-state index contributed by atoms with van der Waals surface area (Å²) >= 11 is 3.40. The fourth-order valence-corrected chi connectivity index (χ4v) is 3.61. The standard InChI is InChI=1S/C17H14BrN3O2S/c1-21(17-3-2-12-19-20-17)24(22,23)16-10-6-14(7-11-16)13-4-8-15(18)9-5-13/h2-12H,1H3. The summed E-state index contributed by atoms with van der Waals surface area (Å²) in [7, 11) is -2.21. The molecule has 0 aliphatic carbocycles. The Labute approximate surface area is 149 Å². The molecule has 7 heteroatoms. The lowest BCUT2D eigenvalue weighted by Gasteiger charge is -2.17. The van der Waals surface area contributed by atoms with Crippen LogP contribution in [-0.2, 0) is 10.0 Å². The Kier molecular flexibility index (Phi) is 4.64. The van der Waals surface area contributed by atoms with Gasteiger partial charge < -0.3 is 0 Å². The number of nitrogens with zero attached hydrogens (tertiary/aromatic N) is 3. The predicted octanol–water partition coefficient (Wildman–Crippen LogP) is 3.73. The fourth-order valence-electron chi connectivity index (χ4n) is 2.20. The first-order valence-electron chi connectivity index (χ1n) is 7.11. The summed E-state index contributed by atoms with van der Waals surface area (Å²) < 4.78 is 27.5. The molecule has 0 aliphatic heterocycles. The van der Waals surface area contributed by atoms with Crippen LogP contribution in [0, 0.1) is 0 Å². The van der Waals surface area contributed by atoms with Crippen LogP contribution in [0.15, 0.2) is 76.2 Å². The van der Waals surface area contributed by atoms with Crippen molar-refractivity contribution in [2.24, 2.45) is 0 Å². The lowest BCUT2D eigenvalue weighted by Crippen LogP contribution is -2.27. The lowest BCUT2D eigenvalue weighted by molar-refractivity contribution is 0.593. The number of benzene rings is 2. The number of halogens is 1. The SMILES string of the molecule is CN(c1cccnn1)S(=O)(=O)c1ccc(-c2ccc(Br)cc2)cc1. The molecule has 0 radical (unpaired) electrons. The highest BCUT2D eigenvalue weighted by Gasteiger charge is 2.22. The Balaban J connectivity index is 1.91. The molecule has 0 saturated heterocycles. The Morgan fingerprint density at radius 1 is 0.917 bits per heavy atom. The molecule has 0 unspecified atom stereocenters. The topological polar surface area (TPSA) is 63.2 Å². The zero-order chi connectivity index (χ0) is 17.2. The van der Waals surface area contributed by atoms with E-state index in [4.69, 9.17) is 0 Å². The van der Waals surface area contributed by atoms with Gasteiger partial charge in [0.05, 0.1) is 4.90 Å². The van der Waals surface area contributed by atoms with Crippen LogP contribution in [0.25, 0.3) is 11.1 Å². The van der Waals surface area contributed by atoms with E-state index in [1.165, 1.54) is 13.2 Å². The molecule has 0 aliphatic rings. The van der Waals surface area contributed by atoms with Crippen molar-refractivity contribution in [3.8, 4) is 11.1 Å². The molecule has 0 spiro atoms. The number of hydrogen-bond donors (Lipinski definition) is 0. The van der Waals surface area contributed by atoms with Crippen molar-refractivity contribution in [1.29, 1.82) is 0 Å². The second-order valence-electron chi connectivity index (χ2n) is 5.09. The number of hydrogen-bond acceptors (Lipinski definition) is 4. The second-order valence-corrected chi connectivity index (χ2v) is 7.97. The average molecular weight is 404 g/mol. The summed E-state index contributed by atoms with van der Waals surface area (Å²) in [5, 5.41) is 7.55. The van der Waals surface area contributed by atoms with Crippen molar-refractivity contribution in [3.05, 3.63) is 71.3 Å². The monoisotopic (exact) mass is 403 g/mol. The third-order valence-electron chi connectivity index (χ3n) is 3.57. The fraction of sp³-hybridized carbons (Fsp3) is 0.0588. The van der Waals surface area contributed by atoms with Crippen LogP contribution in [0.3, 0.4) is 0 Å². The van der Waals surface area contributed by atoms with Gasteiger partial charge in [0.2, 0.25) is 0 Å². The molecule has 0 saturated carbocycles. The largest absolute Gasteiger partial charge is 0.265 e. The Bertz CT molecular complexity index is 928. The normalized spacial score (nSPS) is 11.2. The van der Waals surface area contributed by atoms with Gasteiger partial charge >= 0.3 is 0 Å². The first-order chi connectivity index (χ1) is 11.5. The van der Waals surface area contributed by atoms with Gasteiger partial charge in [-0.1, -0.05) is 40.2 Å². The van der Waals surface area contributed by atoms with Gasteiger partial charge in [0, 0.05) is 17.7 Å². The van der Waals surface area contributed by atoms with Gasteiger partial charge in [-0.25, -0.2) is 8.42 Å². The molecule has 3 aromatic rings. The second kappa shape index (κ2) is 6.70. The zero-order valence-corrected chi connectivity index (χ0v) is 15.2. The van der Waals surface area contributed by atoms with E-state index in [9.17, 15) is 8.42 Å². The number of sulfonamides is 1. The Hall–Kier alpha value is -2.25. The summed E-state index contributed by atoms with van der Waals surface area (Å²) in [6.07, 6.45) is 1.50. The summed E-state index contributed by atoms with van der Waals surface area (Å²) in [6, 6.07) is 17.9. The number of anilines is 1. The minimum atomic E-state index is -3.67. The van der Waals surface area contributed by atoms with E-state index in [1.54, 1.807) is 36.4 Å². The third kappa shape index (κ3) is 3.32. The van der Waals surface area contributed by atoms with Gasteiger partial charge in [0.25, 0.3) is 10.0 Å². The number of rotatable bonds is 4. The summed E-state index contributed by atoms with van der Waals surface area (Å²) in [5.41, 5.74) is 1.97. The molecular formula is C17H14BrN3O2S. The van der Waals surface area contributed by atoms with Gasteiger partial charge in [0.15, 0.2) is 5.82 Å². The van der Waals surface area contributed by atoms with Crippen LogP contribution in [0.2, 0.25) is 0 Å². The van der Waals surface area contributed by atoms with Gasteiger partial charge in [-0.15, -0.1) is 5.10 Å². The Morgan fingerprint density at radius 2 is 1.50 bits per heavy atom. The molecule has 24 heavy (non-hydrogen) atoms. The van der Waals surface area contributed by atoms with E-state index in [1.807, 2.05) is 24.3 Å². The molecule has 0 amide bonds. The molecule has 5 nitrogen and oxygen atoms in total. The van der Waals surface area contributed by atoms with Crippen LogP contribution in [0.1, 0.15) is 0 Å². The zero-order valence-electron chi connectivity index (χ0n) is 12.8. The van der Waals surface area contributed by atoms with Crippen LogP contribution in [0.4, 0.5) is 5.82 Å². The maximum Gasteiger partial charge on any atom is 0.265 e. The third-order valence-corrected chi connectivity index (χ3v) is 5.88. The van der Waals surface area contributed by atoms with Gasteiger partial charge in [-0.05, 0) is 47.5 Å². The molecule has 0 atom stereocenters. The molecule has 1 aromatic heterocycles. The van der Waals surface area contributed by atoms with Crippen molar-refractivity contribution in [2.75, 3.05) is 11.4 Å². The Morgan fingerprint density at radius 3 is 2.04 bits per heavy atom. The molecule has 0 bridgehead atoms. The van der Waals surface area contributed by atoms with Crippen molar-refractivity contribution in [2.45, 2.75) is 4.90 Å². The van der Waals surface area contributed by atoms with E-state index < -0.39 is 10.0 Å². The van der Waals surface area contributed by atoms with Crippen molar-refractivity contribution in [3.63, 3.8) is 0 Å². The summed E-state index contributed by atoms with van der Waals surface area (Å²) in [6.45, 7) is 0. The smallest absolute Gasteiger partial charge is 0.251 e. The maximum atomic E-state index is 12.7. The first kappa shape index (κ1) is 16.6. The van der Waals surface area contributed by atoms with E-state index >= 15 is 0 Å². The minimum Gasteiger partial charge on any atom is -0.251 e. The van der Waals surface area contributed by atoms with Crippen LogP contribution in [-0.4, -0.2) is 25.7 Å². The predicted molar refractivity (Wildman–Crippen MR) is 97.2 cm³/mol. The van der Waals surface area contributed by atoms with E-state index in [0.29, 0.717) is 0 Å². The van der Waals surface area contributed by atoms with E-state index in [0.717, 1.165) is 19.9 Å². The van der Waals surface area contributed by atoms with Gasteiger partial charge in [-0.3, -0.25) is 4.31 Å². The highest BCUT2D eigenvalue weighted by Crippen LogP contribution is 2.25. The first-order valence-corrected chi connectivity index (χ1v) is 9.34. The molecule has 2 aromatic carbocycles. The highest BCUT2D eigenvalue weighted by molar-refractivity contribution is 9.10. The lowest BCUT2D eigenvalue weighted by atomic mass is 10.1. The molecule has 0 N–H and O–H groups in total. The van der Waals surface area contributed by atoms with E-state index in [2.05, 4.69) is 26.1 Å².